The van der Waals surface area contributed by atoms with Gasteiger partial charge in [-0.3, -0.25) is 0 Å². The summed E-state index contributed by atoms with van der Waals surface area (Å²) < 4.78 is 0. The molecule has 0 saturated heterocycles. The van der Waals surface area contributed by atoms with Crippen molar-refractivity contribution in [2.24, 2.45) is 5.73 Å². The number of hydrogen-bond donors (Lipinski definition) is 2. The first-order valence-corrected chi connectivity index (χ1v) is 4.23. The predicted octanol–water partition coefficient (Wildman–Crippen LogP) is 1.23. The van der Waals surface area contributed by atoms with Crippen LogP contribution in [0.1, 0.15) is 13.3 Å². The lowest BCUT2D eigenvalue weighted by atomic mass is 10.2. The van der Waals surface area contributed by atoms with E-state index in [9.17, 15) is 0 Å². The fourth-order valence-corrected chi connectivity index (χ4v) is 0.847. The van der Waals surface area contributed by atoms with E-state index in [1.807, 2.05) is 18.2 Å². The molecule has 3 heteroatoms. The van der Waals surface area contributed by atoms with Gasteiger partial charge in [0.25, 0.3) is 0 Å². The Balaban J connectivity index is 2.33. The molecular weight excluding hydrogens is 150 g/mol. The van der Waals surface area contributed by atoms with Crippen LogP contribution >= 0.6 is 0 Å². The molecule has 0 saturated carbocycles. The van der Waals surface area contributed by atoms with Crippen molar-refractivity contribution in [2.75, 3.05) is 11.9 Å². The monoisotopic (exact) mass is 165 g/mol. The first-order valence-electron chi connectivity index (χ1n) is 4.23. The third-order valence-corrected chi connectivity index (χ3v) is 1.73. The summed E-state index contributed by atoms with van der Waals surface area (Å²) in [6.45, 7) is 2.86. The van der Waals surface area contributed by atoms with Crippen molar-refractivity contribution in [1.82, 2.24) is 4.98 Å². The minimum absolute atomic E-state index is 0.215. The Morgan fingerprint density at radius 3 is 3.00 bits per heavy atom. The molecule has 1 unspecified atom stereocenters. The molecule has 0 aliphatic heterocycles. The van der Waals surface area contributed by atoms with E-state index < -0.39 is 0 Å². The van der Waals surface area contributed by atoms with Crippen LogP contribution in [0.25, 0.3) is 0 Å². The summed E-state index contributed by atoms with van der Waals surface area (Å²) in [5.74, 6) is 0.890. The van der Waals surface area contributed by atoms with Gasteiger partial charge < -0.3 is 11.1 Å². The summed E-state index contributed by atoms with van der Waals surface area (Å²) in [6.07, 6.45) is 2.75. The van der Waals surface area contributed by atoms with Gasteiger partial charge in [-0.25, -0.2) is 4.98 Å². The zero-order valence-electron chi connectivity index (χ0n) is 7.33. The van der Waals surface area contributed by atoms with Crippen LogP contribution in [0.2, 0.25) is 0 Å². The van der Waals surface area contributed by atoms with Crippen LogP contribution < -0.4 is 11.1 Å². The maximum absolute atomic E-state index is 5.73. The van der Waals surface area contributed by atoms with Gasteiger partial charge in [0.1, 0.15) is 5.82 Å². The quantitative estimate of drug-likeness (QED) is 0.705. The molecule has 0 spiro atoms. The highest BCUT2D eigenvalue weighted by Crippen LogP contribution is 1.99. The molecule has 1 rings (SSSR count). The molecule has 3 nitrogen and oxygen atoms in total. The molecule has 1 aromatic heterocycles. The highest BCUT2D eigenvalue weighted by Gasteiger charge is 1.97. The van der Waals surface area contributed by atoms with E-state index >= 15 is 0 Å². The lowest BCUT2D eigenvalue weighted by Crippen LogP contribution is -2.28. The molecule has 0 aromatic carbocycles. The Morgan fingerprint density at radius 1 is 1.58 bits per heavy atom. The van der Waals surface area contributed by atoms with Gasteiger partial charge in [-0.15, -0.1) is 0 Å². The third-order valence-electron chi connectivity index (χ3n) is 1.73. The molecule has 1 heterocycles. The van der Waals surface area contributed by atoms with Gasteiger partial charge in [-0.05, 0) is 18.6 Å². The molecule has 1 aromatic rings. The van der Waals surface area contributed by atoms with E-state index in [-0.39, 0.29) is 6.04 Å². The molecule has 1 atom stereocenters. The highest BCUT2D eigenvalue weighted by atomic mass is 15.0. The number of anilines is 1. The summed E-state index contributed by atoms with van der Waals surface area (Å²) in [7, 11) is 0. The third kappa shape index (κ3) is 2.88. The largest absolute Gasteiger partial charge is 0.369 e. The van der Waals surface area contributed by atoms with Crippen LogP contribution in [0.4, 0.5) is 5.82 Å². The molecule has 3 N–H and O–H groups in total. The smallest absolute Gasteiger partial charge is 0.125 e. The Hall–Kier alpha value is -1.09. The Bertz CT molecular complexity index is 210. The summed E-state index contributed by atoms with van der Waals surface area (Å²) in [5, 5.41) is 3.16. The van der Waals surface area contributed by atoms with Crippen LogP contribution in [-0.4, -0.2) is 17.6 Å². The molecule has 0 fully saturated rings. The summed E-state index contributed by atoms with van der Waals surface area (Å²) in [4.78, 5) is 4.12. The zero-order valence-corrected chi connectivity index (χ0v) is 7.33. The molecule has 0 aliphatic carbocycles. The number of nitrogens with two attached hydrogens (primary N) is 1. The number of hydrogen-bond acceptors (Lipinski definition) is 3. The Morgan fingerprint density at radius 2 is 2.42 bits per heavy atom. The average molecular weight is 165 g/mol. The molecule has 0 radical (unpaired) electrons. The van der Waals surface area contributed by atoms with Crippen LogP contribution in [0.15, 0.2) is 24.4 Å². The van der Waals surface area contributed by atoms with Gasteiger partial charge in [-0.1, -0.05) is 13.0 Å². The van der Waals surface area contributed by atoms with Crippen molar-refractivity contribution in [3.05, 3.63) is 24.4 Å². The Labute approximate surface area is 73.0 Å². The van der Waals surface area contributed by atoms with Crippen molar-refractivity contribution in [1.29, 1.82) is 0 Å². The minimum atomic E-state index is 0.215. The number of nitrogens with one attached hydrogen (secondary N) is 1. The van der Waals surface area contributed by atoms with Crippen molar-refractivity contribution in [3.63, 3.8) is 0 Å². The Kier molecular flexibility index (Phi) is 3.54. The summed E-state index contributed by atoms with van der Waals surface area (Å²) in [6, 6.07) is 5.99. The number of nitrogens with zero attached hydrogens (tertiary/aromatic N) is 1. The van der Waals surface area contributed by atoms with E-state index in [0.29, 0.717) is 0 Å². The van der Waals surface area contributed by atoms with E-state index in [4.69, 9.17) is 5.73 Å². The number of aromatic nitrogens is 1. The van der Waals surface area contributed by atoms with E-state index in [1.54, 1.807) is 6.20 Å². The lowest BCUT2D eigenvalue weighted by molar-refractivity contribution is 0.678. The van der Waals surface area contributed by atoms with E-state index in [2.05, 4.69) is 17.2 Å². The number of rotatable bonds is 4. The number of pyridine rings is 1. The molecule has 66 valence electrons. The molecule has 0 bridgehead atoms. The molecular formula is C9H15N3. The topological polar surface area (TPSA) is 50.9 Å². The van der Waals surface area contributed by atoms with Crippen LogP contribution in [0.5, 0.6) is 0 Å². The minimum Gasteiger partial charge on any atom is -0.369 e. The van der Waals surface area contributed by atoms with Crippen molar-refractivity contribution < 1.29 is 0 Å². The standard InChI is InChI=1S/C9H15N3/c1-2-8(10)7-12-9-5-3-4-6-11-9/h3-6,8H,2,7,10H2,1H3,(H,11,12). The summed E-state index contributed by atoms with van der Waals surface area (Å²) in [5.41, 5.74) is 5.73. The second-order valence-corrected chi connectivity index (χ2v) is 2.76. The fourth-order valence-electron chi connectivity index (χ4n) is 0.847. The first-order chi connectivity index (χ1) is 5.83. The fraction of sp³-hybridized carbons (Fsp3) is 0.444. The second-order valence-electron chi connectivity index (χ2n) is 2.76. The van der Waals surface area contributed by atoms with E-state index in [1.165, 1.54) is 0 Å². The second kappa shape index (κ2) is 4.72. The normalized spacial score (nSPS) is 12.5. The maximum atomic E-state index is 5.73. The van der Waals surface area contributed by atoms with Crippen molar-refractivity contribution >= 4 is 5.82 Å². The molecule has 0 aliphatic rings. The van der Waals surface area contributed by atoms with Gasteiger partial charge in [0.15, 0.2) is 0 Å². The van der Waals surface area contributed by atoms with E-state index in [0.717, 1.165) is 18.8 Å². The van der Waals surface area contributed by atoms with Crippen LogP contribution in [0, 0.1) is 0 Å². The lowest BCUT2D eigenvalue weighted by Gasteiger charge is -2.09. The summed E-state index contributed by atoms with van der Waals surface area (Å²) >= 11 is 0. The molecule has 0 amide bonds. The van der Waals surface area contributed by atoms with Crippen molar-refractivity contribution in [2.45, 2.75) is 19.4 Å². The average Bonchev–Trinajstić information content (AvgIpc) is 2.16. The zero-order chi connectivity index (χ0) is 8.81. The van der Waals surface area contributed by atoms with Gasteiger partial charge in [-0.2, -0.15) is 0 Å². The van der Waals surface area contributed by atoms with Crippen LogP contribution in [0.3, 0.4) is 0 Å². The SMILES string of the molecule is CCC(N)CNc1ccccn1. The van der Waals surface area contributed by atoms with Crippen LogP contribution in [-0.2, 0) is 0 Å². The van der Waals surface area contributed by atoms with Crippen molar-refractivity contribution in [3.8, 4) is 0 Å². The van der Waals surface area contributed by atoms with Gasteiger partial charge in [0, 0.05) is 18.8 Å². The van der Waals surface area contributed by atoms with Gasteiger partial charge in [0.2, 0.25) is 0 Å². The van der Waals surface area contributed by atoms with Gasteiger partial charge >= 0.3 is 0 Å². The predicted molar refractivity (Wildman–Crippen MR) is 51.0 cm³/mol. The molecule has 12 heavy (non-hydrogen) atoms. The first kappa shape index (κ1) is 9.00. The maximum Gasteiger partial charge on any atom is 0.125 e. The highest BCUT2D eigenvalue weighted by molar-refractivity contribution is 5.33. The van der Waals surface area contributed by atoms with Gasteiger partial charge in [0.05, 0.1) is 0 Å².